The standard InChI is InChI=1S/C20H23NO7S/c1-14(13-26-2)27-17-10-15(20(22)23)11-18(12-17)28-16-4-6-19(7-5-16)29(24,25)21-8-3-9-21/h4-7,10-12,14H,3,8-9,13H2,1-2H3,(H,22,23). The molecule has 1 N–H and O–H groups in total. The van der Waals surface area contributed by atoms with E-state index in [4.69, 9.17) is 14.2 Å². The number of hydrogen-bond donors (Lipinski definition) is 1. The molecule has 1 atom stereocenters. The van der Waals surface area contributed by atoms with Crippen molar-refractivity contribution in [3.05, 3.63) is 48.0 Å². The van der Waals surface area contributed by atoms with Crippen molar-refractivity contribution in [1.82, 2.24) is 4.31 Å². The normalized spacial score (nSPS) is 15.4. The number of carboxylic acid groups (broad SMARTS) is 1. The first-order valence-corrected chi connectivity index (χ1v) is 10.6. The third kappa shape index (κ3) is 5.06. The maximum Gasteiger partial charge on any atom is 0.335 e. The molecule has 156 valence electrons. The van der Waals surface area contributed by atoms with Gasteiger partial charge < -0.3 is 19.3 Å². The Bertz CT molecular complexity index is 969. The third-order valence-corrected chi connectivity index (χ3v) is 6.29. The molecule has 1 aliphatic heterocycles. The number of sulfonamides is 1. The molecule has 0 bridgehead atoms. The average molecular weight is 421 g/mol. The molecule has 2 aromatic carbocycles. The Morgan fingerprint density at radius 1 is 1.10 bits per heavy atom. The Morgan fingerprint density at radius 3 is 2.31 bits per heavy atom. The van der Waals surface area contributed by atoms with E-state index in [1.165, 1.54) is 40.7 Å². The second-order valence-electron chi connectivity index (χ2n) is 6.71. The Morgan fingerprint density at radius 2 is 1.76 bits per heavy atom. The SMILES string of the molecule is COCC(C)Oc1cc(Oc2ccc(S(=O)(=O)N3CCC3)cc2)cc(C(=O)O)c1. The fraction of sp³-hybridized carbons (Fsp3) is 0.350. The summed E-state index contributed by atoms with van der Waals surface area (Å²) in [7, 11) is -1.92. The molecule has 1 heterocycles. The van der Waals surface area contributed by atoms with E-state index >= 15 is 0 Å². The van der Waals surface area contributed by atoms with Gasteiger partial charge in [-0.3, -0.25) is 0 Å². The maximum atomic E-state index is 12.4. The summed E-state index contributed by atoms with van der Waals surface area (Å²) in [5.41, 5.74) is 0.0131. The number of benzene rings is 2. The fourth-order valence-electron chi connectivity index (χ4n) is 2.82. The molecule has 0 saturated carbocycles. The number of carboxylic acids is 1. The van der Waals surface area contributed by atoms with Crippen LogP contribution in [0.2, 0.25) is 0 Å². The van der Waals surface area contributed by atoms with Gasteiger partial charge in [0, 0.05) is 26.3 Å². The highest BCUT2D eigenvalue weighted by atomic mass is 32.2. The molecule has 0 aliphatic carbocycles. The first kappa shape index (κ1) is 21.1. The Balaban J connectivity index is 1.79. The second-order valence-corrected chi connectivity index (χ2v) is 8.65. The van der Waals surface area contributed by atoms with Gasteiger partial charge in [-0.15, -0.1) is 0 Å². The van der Waals surface area contributed by atoms with E-state index in [1.807, 2.05) is 0 Å². The summed E-state index contributed by atoms with van der Waals surface area (Å²) < 4.78 is 42.7. The molecule has 2 aromatic rings. The number of carbonyl (C=O) groups is 1. The average Bonchev–Trinajstić information content (AvgIpc) is 2.60. The van der Waals surface area contributed by atoms with Gasteiger partial charge in [0.1, 0.15) is 23.4 Å². The molecule has 0 radical (unpaired) electrons. The van der Waals surface area contributed by atoms with Gasteiger partial charge >= 0.3 is 5.97 Å². The summed E-state index contributed by atoms with van der Waals surface area (Å²) >= 11 is 0. The summed E-state index contributed by atoms with van der Waals surface area (Å²) in [4.78, 5) is 11.6. The lowest BCUT2D eigenvalue weighted by molar-refractivity contribution is 0.0693. The lowest BCUT2D eigenvalue weighted by atomic mass is 10.2. The van der Waals surface area contributed by atoms with Gasteiger partial charge in [0.15, 0.2) is 0 Å². The van der Waals surface area contributed by atoms with Crippen LogP contribution in [0.25, 0.3) is 0 Å². The van der Waals surface area contributed by atoms with E-state index in [0.29, 0.717) is 31.2 Å². The van der Waals surface area contributed by atoms with Crippen LogP contribution in [0.3, 0.4) is 0 Å². The van der Waals surface area contributed by atoms with E-state index < -0.39 is 16.0 Å². The van der Waals surface area contributed by atoms with Gasteiger partial charge in [-0.2, -0.15) is 4.31 Å². The smallest absolute Gasteiger partial charge is 0.335 e. The molecule has 8 nitrogen and oxygen atoms in total. The van der Waals surface area contributed by atoms with E-state index in [-0.39, 0.29) is 22.3 Å². The minimum absolute atomic E-state index is 0.0131. The largest absolute Gasteiger partial charge is 0.488 e. The maximum absolute atomic E-state index is 12.4. The van der Waals surface area contributed by atoms with Crippen LogP contribution < -0.4 is 9.47 Å². The highest BCUT2D eigenvalue weighted by Crippen LogP contribution is 2.30. The zero-order chi connectivity index (χ0) is 21.0. The summed E-state index contributed by atoms with van der Waals surface area (Å²) in [5.74, 6) is -0.133. The molecule has 1 saturated heterocycles. The zero-order valence-electron chi connectivity index (χ0n) is 16.2. The molecule has 0 spiro atoms. The number of nitrogens with zero attached hydrogens (tertiary/aromatic N) is 1. The topological polar surface area (TPSA) is 102 Å². The molecule has 1 aliphatic rings. The summed E-state index contributed by atoms with van der Waals surface area (Å²) in [5, 5.41) is 9.34. The van der Waals surface area contributed by atoms with Crippen LogP contribution in [0.1, 0.15) is 23.7 Å². The van der Waals surface area contributed by atoms with Crippen LogP contribution in [0.5, 0.6) is 17.2 Å². The number of hydrogen-bond acceptors (Lipinski definition) is 6. The van der Waals surface area contributed by atoms with Crippen molar-refractivity contribution < 1.29 is 32.5 Å². The van der Waals surface area contributed by atoms with E-state index in [0.717, 1.165) is 6.42 Å². The minimum Gasteiger partial charge on any atom is -0.488 e. The minimum atomic E-state index is -3.47. The zero-order valence-corrected chi connectivity index (χ0v) is 17.0. The van der Waals surface area contributed by atoms with Gasteiger partial charge in [0.05, 0.1) is 17.1 Å². The molecule has 29 heavy (non-hydrogen) atoms. The van der Waals surface area contributed by atoms with Crippen LogP contribution in [-0.2, 0) is 14.8 Å². The molecule has 0 amide bonds. The van der Waals surface area contributed by atoms with Crippen molar-refractivity contribution in [2.45, 2.75) is 24.3 Å². The van der Waals surface area contributed by atoms with Crippen LogP contribution in [-0.4, -0.2) is 56.7 Å². The molecule has 1 unspecified atom stereocenters. The molecule has 0 aromatic heterocycles. The number of rotatable bonds is 9. The first-order chi connectivity index (χ1) is 13.8. The van der Waals surface area contributed by atoms with E-state index in [1.54, 1.807) is 20.1 Å². The lowest BCUT2D eigenvalue weighted by Crippen LogP contribution is -2.41. The van der Waals surface area contributed by atoms with E-state index in [2.05, 4.69) is 0 Å². The van der Waals surface area contributed by atoms with Gasteiger partial charge in [0.2, 0.25) is 10.0 Å². The van der Waals surface area contributed by atoms with Crippen molar-refractivity contribution in [2.24, 2.45) is 0 Å². The fourth-order valence-corrected chi connectivity index (χ4v) is 4.33. The number of ether oxygens (including phenoxy) is 3. The lowest BCUT2D eigenvalue weighted by Gasteiger charge is -2.29. The van der Waals surface area contributed by atoms with Crippen molar-refractivity contribution in [3.63, 3.8) is 0 Å². The molecule has 9 heteroatoms. The van der Waals surface area contributed by atoms with Gasteiger partial charge in [-0.05, 0) is 49.7 Å². The van der Waals surface area contributed by atoms with Crippen molar-refractivity contribution in [3.8, 4) is 17.2 Å². The Labute approximate surface area is 169 Å². The summed E-state index contributed by atoms with van der Waals surface area (Å²) in [6, 6.07) is 10.4. The predicted octanol–water partition coefficient (Wildman–Crippen LogP) is 2.99. The van der Waals surface area contributed by atoms with Crippen LogP contribution in [0.4, 0.5) is 0 Å². The van der Waals surface area contributed by atoms with Gasteiger partial charge in [0.25, 0.3) is 0 Å². The first-order valence-electron chi connectivity index (χ1n) is 9.11. The monoisotopic (exact) mass is 421 g/mol. The van der Waals surface area contributed by atoms with Crippen LogP contribution in [0, 0.1) is 0 Å². The summed E-state index contributed by atoms with van der Waals surface area (Å²) in [6.07, 6.45) is 0.594. The van der Waals surface area contributed by atoms with Crippen molar-refractivity contribution >= 4 is 16.0 Å². The molecule has 1 fully saturated rings. The van der Waals surface area contributed by atoms with E-state index in [9.17, 15) is 18.3 Å². The third-order valence-electron chi connectivity index (χ3n) is 4.38. The highest BCUT2D eigenvalue weighted by Gasteiger charge is 2.29. The highest BCUT2D eigenvalue weighted by molar-refractivity contribution is 7.89. The predicted molar refractivity (Wildman–Crippen MR) is 105 cm³/mol. The number of methoxy groups -OCH3 is 1. The van der Waals surface area contributed by atoms with Crippen molar-refractivity contribution in [2.75, 3.05) is 26.8 Å². The molecular formula is C20H23NO7S. The quantitative estimate of drug-likeness (QED) is 0.664. The molecular weight excluding hydrogens is 398 g/mol. The van der Waals surface area contributed by atoms with Gasteiger partial charge in [-0.25, -0.2) is 13.2 Å². The van der Waals surface area contributed by atoms with Crippen LogP contribution in [0.15, 0.2) is 47.4 Å². The number of aromatic carboxylic acids is 1. The molecule has 3 rings (SSSR count). The van der Waals surface area contributed by atoms with Crippen molar-refractivity contribution in [1.29, 1.82) is 0 Å². The Hall–Kier alpha value is -2.62. The van der Waals surface area contributed by atoms with Crippen LogP contribution >= 0.6 is 0 Å². The second kappa shape index (κ2) is 8.81. The van der Waals surface area contributed by atoms with Gasteiger partial charge in [-0.1, -0.05) is 0 Å². The Kier molecular flexibility index (Phi) is 6.41. The summed E-state index contributed by atoms with van der Waals surface area (Å²) in [6.45, 7) is 3.22.